The van der Waals surface area contributed by atoms with E-state index in [0.29, 0.717) is 17.5 Å². The van der Waals surface area contributed by atoms with E-state index in [1.54, 1.807) is 11.8 Å². The van der Waals surface area contributed by atoms with E-state index in [0.717, 1.165) is 9.37 Å². The summed E-state index contributed by atoms with van der Waals surface area (Å²) in [7, 11) is 0. The first kappa shape index (κ1) is 13.6. The highest BCUT2D eigenvalue weighted by molar-refractivity contribution is 9.10. The van der Waals surface area contributed by atoms with Gasteiger partial charge in [0.25, 0.3) is 0 Å². The van der Waals surface area contributed by atoms with Crippen LogP contribution >= 0.6 is 27.7 Å². The van der Waals surface area contributed by atoms with Gasteiger partial charge in [-0.05, 0) is 38.1 Å². The van der Waals surface area contributed by atoms with Crippen LogP contribution in [0.2, 0.25) is 0 Å². The van der Waals surface area contributed by atoms with Gasteiger partial charge in [-0.15, -0.1) is 11.8 Å². The highest BCUT2D eigenvalue weighted by Gasteiger charge is 2.22. The predicted molar refractivity (Wildman–Crippen MR) is 75.2 cm³/mol. The molecule has 2 aromatic rings. The second-order valence-electron chi connectivity index (χ2n) is 4.48. The Morgan fingerprint density at radius 2 is 2.00 bits per heavy atom. The molecule has 0 saturated heterocycles. The molecule has 2 N–H and O–H groups in total. The van der Waals surface area contributed by atoms with Gasteiger partial charge in [0, 0.05) is 9.37 Å². The Labute approximate surface area is 118 Å². The van der Waals surface area contributed by atoms with Crippen molar-refractivity contribution in [3.05, 3.63) is 40.5 Å². The van der Waals surface area contributed by atoms with Crippen molar-refractivity contribution in [1.29, 1.82) is 0 Å². The fourth-order valence-corrected chi connectivity index (χ4v) is 2.26. The first-order valence-corrected chi connectivity index (χ1v) is 7.23. The quantitative estimate of drug-likeness (QED) is 0.872. The third-order valence-corrected chi connectivity index (χ3v) is 3.74. The van der Waals surface area contributed by atoms with Gasteiger partial charge in [0.2, 0.25) is 5.89 Å². The zero-order valence-electron chi connectivity index (χ0n) is 10.2. The molecule has 0 aliphatic rings. The van der Waals surface area contributed by atoms with Crippen molar-refractivity contribution in [1.82, 2.24) is 10.1 Å². The number of benzene rings is 1. The van der Waals surface area contributed by atoms with E-state index in [1.807, 2.05) is 38.1 Å². The Kier molecular flexibility index (Phi) is 4.09. The molecule has 0 amide bonds. The van der Waals surface area contributed by atoms with Crippen molar-refractivity contribution < 1.29 is 4.52 Å². The molecule has 2 rings (SSSR count). The summed E-state index contributed by atoms with van der Waals surface area (Å²) in [4.78, 5) is 5.44. The Morgan fingerprint density at radius 1 is 1.33 bits per heavy atom. The summed E-state index contributed by atoms with van der Waals surface area (Å²) >= 11 is 5.06. The van der Waals surface area contributed by atoms with Crippen LogP contribution in [-0.4, -0.2) is 10.1 Å². The minimum absolute atomic E-state index is 0.467. The normalized spacial score (nSPS) is 11.8. The van der Waals surface area contributed by atoms with Crippen LogP contribution in [0.5, 0.6) is 0 Å². The standard InChI is InChI=1S/C12H14BrN3OS/c1-12(2,14)11-15-10(16-17-11)7-18-9-5-3-8(13)4-6-9/h3-6H,7,14H2,1-2H3. The lowest BCUT2D eigenvalue weighted by Crippen LogP contribution is -2.29. The van der Waals surface area contributed by atoms with Crippen molar-refractivity contribution in [2.24, 2.45) is 5.73 Å². The smallest absolute Gasteiger partial charge is 0.246 e. The maximum absolute atomic E-state index is 5.89. The van der Waals surface area contributed by atoms with E-state index in [4.69, 9.17) is 10.3 Å². The summed E-state index contributed by atoms with van der Waals surface area (Å²) in [6.45, 7) is 3.68. The molecule has 0 spiro atoms. The fourth-order valence-electron chi connectivity index (χ4n) is 1.25. The van der Waals surface area contributed by atoms with Crippen molar-refractivity contribution in [2.45, 2.75) is 30.0 Å². The van der Waals surface area contributed by atoms with Gasteiger partial charge in [-0.1, -0.05) is 21.1 Å². The number of nitrogens with zero attached hydrogens (tertiary/aromatic N) is 2. The molecule has 96 valence electrons. The van der Waals surface area contributed by atoms with Crippen molar-refractivity contribution in [2.75, 3.05) is 0 Å². The summed E-state index contributed by atoms with van der Waals surface area (Å²) in [6, 6.07) is 8.10. The summed E-state index contributed by atoms with van der Waals surface area (Å²) in [5, 5.41) is 3.92. The van der Waals surface area contributed by atoms with Crippen LogP contribution < -0.4 is 5.73 Å². The van der Waals surface area contributed by atoms with Crippen LogP contribution in [0.15, 0.2) is 38.2 Å². The zero-order valence-corrected chi connectivity index (χ0v) is 12.6. The van der Waals surface area contributed by atoms with Crippen LogP contribution in [-0.2, 0) is 11.3 Å². The summed E-state index contributed by atoms with van der Waals surface area (Å²) in [6.07, 6.45) is 0. The Balaban J connectivity index is 1.98. The van der Waals surface area contributed by atoms with Gasteiger partial charge >= 0.3 is 0 Å². The van der Waals surface area contributed by atoms with Gasteiger partial charge in [-0.2, -0.15) is 4.98 Å². The Morgan fingerprint density at radius 3 is 2.56 bits per heavy atom. The van der Waals surface area contributed by atoms with Gasteiger partial charge in [0.05, 0.1) is 11.3 Å². The van der Waals surface area contributed by atoms with Crippen molar-refractivity contribution >= 4 is 27.7 Å². The molecule has 0 unspecified atom stereocenters. The molecule has 0 atom stereocenters. The van der Waals surface area contributed by atoms with E-state index >= 15 is 0 Å². The molecule has 6 heteroatoms. The van der Waals surface area contributed by atoms with Crippen LogP contribution in [0.4, 0.5) is 0 Å². The van der Waals surface area contributed by atoms with Crippen molar-refractivity contribution in [3.63, 3.8) is 0 Å². The van der Waals surface area contributed by atoms with Crippen LogP contribution in [0.25, 0.3) is 0 Å². The molecule has 0 bridgehead atoms. The molecular formula is C12H14BrN3OS. The first-order chi connectivity index (χ1) is 8.45. The second-order valence-corrected chi connectivity index (χ2v) is 6.44. The third-order valence-electron chi connectivity index (χ3n) is 2.20. The number of hydrogen-bond acceptors (Lipinski definition) is 5. The molecule has 1 aromatic heterocycles. The molecule has 0 radical (unpaired) electrons. The minimum atomic E-state index is -0.590. The second kappa shape index (κ2) is 5.42. The number of halogens is 1. The lowest BCUT2D eigenvalue weighted by atomic mass is 10.1. The Bertz CT molecular complexity index is 519. The maximum Gasteiger partial charge on any atom is 0.246 e. The van der Waals surface area contributed by atoms with Crippen LogP contribution in [0, 0.1) is 0 Å². The molecule has 0 saturated carbocycles. The SMILES string of the molecule is CC(C)(N)c1nc(CSc2ccc(Br)cc2)no1. The molecule has 0 aliphatic carbocycles. The van der Waals surface area contributed by atoms with Gasteiger partial charge in [0.1, 0.15) is 0 Å². The number of hydrogen-bond donors (Lipinski definition) is 1. The average molecular weight is 328 g/mol. The highest BCUT2D eigenvalue weighted by atomic mass is 79.9. The van der Waals surface area contributed by atoms with Gasteiger partial charge in [0.15, 0.2) is 5.82 Å². The molecule has 18 heavy (non-hydrogen) atoms. The molecule has 1 aromatic carbocycles. The van der Waals surface area contributed by atoms with Gasteiger partial charge < -0.3 is 10.3 Å². The first-order valence-electron chi connectivity index (χ1n) is 5.45. The third kappa shape index (κ3) is 3.57. The zero-order chi connectivity index (χ0) is 13.2. The van der Waals surface area contributed by atoms with E-state index in [1.165, 1.54) is 0 Å². The number of rotatable bonds is 4. The molecule has 1 heterocycles. The van der Waals surface area contributed by atoms with Gasteiger partial charge in [-0.25, -0.2) is 0 Å². The molecular weight excluding hydrogens is 314 g/mol. The largest absolute Gasteiger partial charge is 0.337 e. The lowest BCUT2D eigenvalue weighted by Gasteiger charge is -2.10. The monoisotopic (exact) mass is 327 g/mol. The van der Waals surface area contributed by atoms with E-state index in [-0.39, 0.29) is 0 Å². The summed E-state index contributed by atoms with van der Waals surface area (Å²) < 4.78 is 6.20. The predicted octanol–water partition coefficient (Wildman–Crippen LogP) is 3.32. The van der Waals surface area contributed by atoms with Crippen LogP contribution in [0.3, 0.4) is 0 Å². The lowest BCUT2D eigenvalue weighted by molar-refractivity contribution is 0.310. The van der Waals surface area contributed by atoms with E-state index in [9.17, 15) is 0 Å². The number of nitrogens with two attached hydrogens (primary N) is 1. The molecule has 0 fully saturated rings. The van der Waals surface area contributed by atoms with Crippen molar-refractivity contribution in [3.8, 4) is 0 Å². The number of thioether (sulfide) groups is 1. The minimum Gasteiger partial charge on any atom is -0.337 e. The maximum atomic E-state index is 5.89. The van der Waals surface area contributed by atoms with E-state index in [2.05, 4.69) is 26.1 Å². The number of aromatic nitrogens is 2. The fraction of sp³-hybridized carbons (Fsp3) is 0.333. The summed E-state index contributed by atoms with van der Waals surface area (Å²) in [5.74, 6) is 1.80. The van der Waals surface area contributed by atoms with Gasteiger partial charge in [-0.3, -0.25) is 0 Å². The average Bonchev–Trinajstić information content (AvgIpc) is 2.77. The van der Waals surface area contributed by atoms with Crippen LogP contribution in [0.1, 0.15) is 25.6 Å². The molecule has 0 aliphatic heterocycles. The highest BCUT2D eigenvalue weighted by Crippen LogP contribution is 2.24. The Hall–Kier alpha value is -0.850. The molecule has 4 nitrogen and oxygen atoms in total. The topological polar surface area (TPSA) is 64.9 Å². The van der Waals surface area contributed by atoms with E-state index < -0.39 is 5.54 Å². The summed E-state index contributed by atoms with van der Waals surface area (Å²) in [5.41, 5.74) is 5.30.